The summed E-state index contributed by atoms with van der Waals surface area (Å²) >= 11 is 0. The molecule has 7 nitrogen and oxygen atoms in total. The second kappa shape index (κ2) is 10.6. The molecule has 1 aliphatic rings. The Kier molecular flexibility index (Phi) is 7.17. The van der Waals surface area contributed by atoms with Crippen molar-refractivity contribution in [1.82, 2.24) is 20.5 Å². The van der Waals surface area contributed by atoms with Gasteiger partial charge in [-0.2, -0.15) is 0 Å². The quantitative estimate of drug-likeness (QED) is 0.341. The summed E-state index contributed by atoms with van der Waals surface area (Å²) in [5.74, 6) is 1.48. The summed E-state index contributed by atoms with van der Waals surface area (Å²) in [6.45, 7) is 2.69. The number of rotatable bonds is 7. The van der Waals surface area contributed by atoms with Crippen molar-refractivity contribution in [3.8, 4) is 11.5 Å². The van der Waals surface area contributed by atoms with Gasteiger partial charge in [0.15, 0.2) is 5.96 Å². The fraction of sp³-hybridized carbons (Fsp3) is 0.320. The molecule has 32 heavy (non-hydrogen) atoms. The van der Waals surface area contributed by atoms with E-state index in [0.717, 1.165) is 30.6 Å². The number of hydrogen-bond acceptors (Lipinski definition) is 4. The molecule has 0 aliphatic carbocycles. The highest BCUT2D eigenvalue weighted by Gasteiger charge is 2.19. The van der Waals surface area contributed by atoms with Gasteiger partial charge in [-0.1, -0.05) is 42.5 Å². The number of carbonyl (C=O) groups excluding carboxylic acids is 1. The number of nitrogens with zero attached hydrogens (tertiary/aromatic N) is 3. The van der Waals surface area contributed by atoms with Crippen molar-refractivity contribution in [2.75, 3.05) is 20.1 Å². The van der Waals surface area contributed by atoms with Crippen LogP contribution in [0, 0.1) is 0 Å². The second-order valence-electron chi connectivity index (χ2n) is 7.80. The Labute approximate surface area is 188 Å². The predicted octanol–water partition coefficient (Wildman–Crippen LogP) is 3.37. The van der Waals surface area contributed by atoms with Gasteiger partial charge in [-0.25, -0.2) is 4.98 Å². The molecule has 166 valence electrons. The Hall–Kier alpha value is -3.61. The van der Waals surface area contributed by atoms with Gasteiger partial charge in [0, 0.05) is 38.7 Å². The summed E-state index contributed by atoms with van der Waals surface area (Å²) in [5.41, 5.74) is 4.37. The standard InChI is InChI=1S/C25H29N5O2/c1-26-25(28-16-22-18-32-24(29-22)20-9-3-2-4-10-20)27-14-7-12-23(31)30-15-13-19-8-5-6-11-21(19)17-30/h2-6,8-11,18H,7,12-17H2,1H3,(H2,26,27,28). The number of oxazole rings is 1. The lowest BCUT2D eigenvalue weighted by Gasteiger charge is -2.29. The van der Waals surface area contributed by atoms with Crippen LogP contribution in [0.2, 0.25) is 0 Å². The first-order valence-corrected chi connectivity index (χ1v) is 11.0. The lowest BCUT2D eigenvalue weighted by molar-refractivity contribution is -0.132. The molecule has 1 amide bonds. The van der Waals surface area contributed by atoms with Gasteiger partial charge >= 0.3 is 0 Å². The second-order valence-corrected chi connectivity index (χ2v) is 7.80. The van der Waals surface area contributed by atoms with E-state index < -0.39 is 0 Å². The fourth-order valence-corrected chi connectivity index (χ4v) is 3.81. The number of aliphatic imine (C=N–C) groups is 1. The maximum atomic E-state index is 12.6. The largest absolute Gasteiger partial charge is 0.444 e. The topological polar surface area (TPSA) is 82.8 Å². The molecule has 2 N–H and O–H groups in total. The zero-order valence-corrected chi connectivity index (χ0v) is 18.4. The van der Waals surface area contributed by atoms with Crippen LogP contribution in [0.5, 0.6) is 0 Å². The Bertz CT molecular complexity index is 1060. The number of aromatic nitrogens is 1. The van der Waals surface area contributed by atoms with Crippen LogP contribution in [0.15, 0.2) is 70.3 Å². The average Bonchev–Trinajstić information content (AvgIpc) is 3.33. The molecule has 1 aliphatic heterocycles. The van der Waals surface area contributed by atoms with Crippen molar-refractivity contribution in [1.29, 1.82) is 0 Å². The highest BCUT2D eigenvalue weighted by Crippen LogP contribution is 2.19. The number of amides is 1. The van der Waals surface area contributed by atoms with Crippen molar-refractivity contribution in [2.45, 2.75) is 32.4 Å². The zero-order chi connectivity index (χ0) is 22.2. The van der Waals surface area contributed by atoms with Crippen molar-refractivity contribution in [2.24, 2.45) is 4.99 Å². The molecule has 0 saturated carbocycles. The van der Waals surface area contributed by atoms with E-state index in [2.05, 4.69) is 38.8 Å². The molecule has 0 spiro atoms. The highest BCUT2D eigenvalue weighted by molar-refractivity contribution is 5.80. The third-order valence-electron chi connectivity index (χ3n) is 5.58. The highest BCUT2D eigenvalue weighted by atomic mass is 16.3. The molecule has 4 rings (SSSR count). The number of benzene rings is 2. The van der Waals surface area contributed by atoms with Crippen molar-refractivity contribution < 1.29 is 9.21 Å². The monoisotopic (exact) mass is 431 g/mol. The van der Waals surface area contributed by atoms with Gasteiger partial charge in [0.1, 0.15) is 6.26 Å². The van der Waals surface area contributed by atoms with E-state index in [1.807, 2.05) is 41.3 Å². The number of guanidine groups is 1. The van der Waals surface area contributed by atoms with Gasteiger partial charge in [-0.3, -0.25) is 9.79 Å². The van der Waals surface area contributed by atoms with Crippen LogP contribution in [0.1, 0.15) is 29.7 Å². The minimum Gasteiger partial charge on any atom is -0.444 e. The summed E-state index contributed by atoms with van der Waals surface area (Å²) in [4.78, 5) is 23.3. The summed E-state index contributed by atoms with van der Waals surface area (Å²) in [5, 5.41) is 6.50. The molecule has 3 aromatic rings. The van der Waals surface area contributed by atoms with E-state index in [4.69, 9.17) is 4.42 Å². The number of nitrogens with one attached hydrogen (secondary N) is 2. The third-order valence-corrected chi connectivity index (χ3v) is 5.58. The van der Waals surface area contributed by atoms with Crippen molar-refractivity contribution in [3.63, 3.8) is 0 Å². The Morgan fingerprint density at radius 2 is 1.88 bits per heavy atom. The minimum absolute atomic E-state index is 0.209. The van der Waals surface area contributed by atoms with Gasteiger partial charge in [0.2, 0.25) is 11.8 Å². The first-order chi connectivity index (χ1) is 15.7. The predicted molar refractivity (Wildman–Crippen MR) is 125 cm³/mol. The molecule has 2 aromatic carbocycles. The molecular weight excluding hydrogens is 402 g/mol. The summed E-state index contributed by atoms with van der Waals surface area (Å²) in [7, 11) is 1.73. The Balaban J connectivity index is 1.17. The van der Waals surface area contributed by atoms with Crippen LogP contribution in [0.25, 0.3) is 11.5 Å². The van der Waals surface area contributed by atoms with Crippen LogP contribution < -0.4 is 10.6 Å². The number of hydrogen-bond donors (Lipinski definition) is 2. The van der Waals surface area contributed by atoms with Gasteiger partial charge < -0.3 is 20.0 Å². The fourth-order valence-electron chi connectivity index (χ4n) is 3.81. The number of fused-ring (bicyclic) bond motifs is 1. The molecular formula is C25H29N5O2. The first kappa shape index (κ1) is 21.6. The maximum absolute atomic E-state index is 12.6. The normalized spacial score (nSPS) is 13.5. The molecule has 7 heteroatoms. The van der Waals surface area contributed by atoms with E-state index in [0.29, 0.717) is 37.9 Å². The molecule has 0 atom stereocenters. The van der Waals surface area contributed by atoms with Gasteiger partial charge in [-0.15, -0.1) is 0 Å². The van der Waals surface area contributed by atoms with E-state index >= 15 is 0 Å². The van der Waals surface area contributed by atoms with Crippen LogP contribution in [0.3, 0.4) is 0 Å². The maximum Gasteiger partial charge on any atom is 0.226 e. The zero-order valence-electron chi connectivity index (χ0n) is 18.4. The minimum atomic E-state index is 0.209. The third kappa shape index (κ3) is 5.55. The van der Waals surface area contributed by atoms with Crippen LogP contribution in [-0.4, -0.2) is 41.9 Å². The SMILES string of the molecule is CN=C(NCCCC(=O)N1CCc2ccccc2C1)NCc1coc(-c2ccccc2)n1. The molecule has 0 saturated heterocycles. The van der Waals surface area contributed by atoms with Gasteiger partial charge in [-0.05, 0) is 36.1 Å². The van der Waals surface area contributed by atoms with Gasteiger partial charge in [0.25, 0.3) is 0 Å². The lowest BCUT2D eigenvalue weighted by Crippen LogP contribution is -2.38. The Morgan fingerprint density at radius 1 is 1.09 bits per heavy atom. The smallest absolute Gasteiger partial charge is 0.226 e. The molecule has 1 aromatic heterocycles. The van der Waals surface area contributed by atoms with Crippen molar-refractivity contribution >= 4 is 11.9 Å². The van der Waals surface area contributed by atoms with E-state index in [1.54, 1.807) is 13.3 Å². The molecule has 0 fully saturated rings. The summed E-state index contributed by atoms with van der Waals surface area (Å²) in [6, 6.07) is 18.2. The van der Waals surface area contributed by atoms with Crippen LogP contribution in [0.4, 0.5) is 0 Å². The van der Waals surface area contributed by atoms with Crippen LogP contribution in [-0.2, 0) is 24.3 Å². The van der Waals surface area contributed by atoms with Crippen LogP contribution >= 0.6 is 0 Å². The molecule has 0 radical (unpaired) electrons. The summed E-state index contributed by atoms with van der Waals surface area (Å²) in [6.07, 6.45) is 3.86. The Morgan fingerprint density at radius 3 is 2.69 bits per heavy atom. The van der Waals surface area contributed by atoms with Gasteiger partial charge in [0.05, 0.1) is 12.2 Å². The number of carbonyl (C=O) groups is 1. The molecule has 0 unspecified atom stereocenters. The molecule has 0 bridgehead atoms. The lowest BCUT2D eigenvalue weighted by atomic mass is 9.99. The van der Waals surface area contributed by atoms with Crippen molar-refractivity contribution in [3.05, 3.63) is 77.7 Å². The van der Waals surface area contributed by atoms with E-state index in [9.17, 15) is 4.79 Å². The summed E-state index contributed by atoms with van der Waals surface area (Å²) < 4.78 is 5.57. The average molecular weight is 432 g/mol. The van der Waals surface area contributed by atoms with E-state index in [-0.39, 0.29) is 5.91 Å². The first-order valence-electron chi connectivity index (χ1n) is 11.0. The molecule has 2 heterocycles. The van der Waals surface area contributed by atoms with E-state index in [1.165, 1.54) is 11.1 Å².